The van der Waals surface area contributed by atoms with Crippen LogP contribution in [0.4, 0.5) is 22.0 Å². The van der Waals surface area contributed by atoms with E-state index in [-0.39, 0.29) is 16.9 Å². The zero-order valence-electron chi connectivity index (χ0n) is 12.1. The van der Waals surface area contributed by atoms with Crippen molar-refractivity contribution in [2.45, 2.75) is 12.6 Å². The quantitative estimate of drug-likeness (QED) is 0.718. The maximum absolute atomic E-state index is 12.9. The summed E-state index contributed by atoms with van der Waals surface area (Å²) in [6.45, 7) is 0. The number of hydrogen-bond acceptors (Lipinski definition) is 3. The lowest BCUT2D eigenvalue weighted by Crippen LogP contribution is -2.04. The minimum Gasteiger partial charge on any atom is -0.477 e. The standard InChI is InChI=1S/C15H8F5N3O2/c16-12(17)11-10(14(24)25)13-21-9(5-6-23(13)22-11)7-1-3-8(4-2-7)15(18,19)20/h1-6,12H,(H,24,25). The van der Waals surface area contributed by atoms with Gasteiger partial charge in [-0.15, -0.1) is 0 Å². The van der Waals surface area contributed by atoms with E-state index < -0.39 is 35.4 Å². The highest BCUT2D eigenvalue weighted by molar-refractivity contribution is 5.96. The van der Waals surface area contributed by atoms with Gasteiger partial charge in [0.25, 0.3) is 6.43 Å². The van der Waals surface area contributed by atoms with Crippen molar-refractivity contribution in [3.8, 4) is 11.3 Å². The van der Waals surface area contributed by atoms with E-state index in [0.717, 1.165) is 28.8 Å². The Bertz CT molecular complexity index is 948. The number of halogens is 5. The van der Waals surface area contributed by atoms with Gasteiger partial charge >= 0.3 is 12.1 Å². The predicted molar refractivity (Wildman–Crippen MR) is 75.3 cm³/mol. The van der Waals surface area contributed by atoms with Crippen LogP contribution in [0, 0.1) is 0 Å². The topological polar surface area (TPSA) is 67.5 Å². The van der Waals surface area contributed by atoms with Gasteiger partial charge in [0, 0.05) is 11.8 Å². The molecule has 0 saturated carbocycles. The molecule has 0 atom stereocenters. The van der Waals surface area contributed by atoms with Crippen LogP contribution in [0.15, 0.2) is 36.5 Å². The number of aromatic nitrogens is 3. The van der Waals surface area contributed by atoms with Gasteiger partial charge in [0.05, 0.1) is 11.3 Å². The molecule has 0 radical (unpaired) electrons. The first-order valence-corrected chi connectivity index (χ1v) is 6.77. The van der Waals surface area contributed by atoms with Gasteiger partial charge in [-0.1, -0.05) is 12.1 Å². The molecule has 0 amide bonds. The van der Waals surface area contributed by atoms with E-state index in [1.165, 1.54) is 12.3 Å². The SMILES string of the molecule is O=C(O)c1c(C(F)F)nn2ccc(-c3ccc(C(F)(F)F)cc3)nc12. The smallest absolute Gasteiger partial charge is 0.416 e. The molecule has 0 fully saturated rings. The fourth-order valence-electron chi connectivity index (χ4n) is 2.29. The van der Waals surface area contributed by atoms with Crippen LogP contribution < -0.4 is 0 Å². The third-order valence-corrected chi connectivity index (χ3v) is 3.44. The van der Waals surface area contributed by atoms with E-state index in [9.17, 15) is 26.7 Å². The van der Waals surface area contributed by atoms with E-state index in [1.807, 2.05) is 0 Å². The summed E-state index contributed by atoms with van der Waals surface area (Å²) in [6.07, 6.45) is -6.39. The first kappa shape index (κ1) is 16.8. The van der Waals surface area contributed by atoms with E-state index in [1.54, 1.807) is 0 Å². The molecule has 3 rings (SSSR count). The van der Waals surface area contributed by atoms with Gasteiger partial charge in [-0.2, -0.15) is 18.3 Å². The van der Waals surface area contributed by atoms with Crippen molar-refractivity contribution in [3.63, 3.8) is 0 Å². The van der Waals surface area contributed by atoms with E-state index >= 15 is 0 Å². The highest BCUT2D eigenvalue weighted by Crippen LogP contribution is 2.31. The number of carbonyl (C=O) groups is 1. The molecule has 1 aromatic carbocycles. The molecule has 2 heterocycles. The van der Waals surface area contributed by atoms with Crippen LogP contribution in [0.1, 0.15) is 28.0 Å². The Balaban J connectivity index is 2.12. The van der Waals surface area contributed by atoms with Crippen molar-refractivity contribution in [2.24, 2.45) is 0 Å². The molecular formula is C15H8F5N3O2. The molecule has 3 aromatic rings. The van der Waals surface area contributed by atoms with Crippen LogP contribution in [0.25, 0.3) is 16.9 Å². The highest BCUT2D eigenvalue weighted by atomic mass is 19.4. The van der Waals surface area contributed by atoms with Crippen molar-refractivity contribution in [3.05, 3.63) is 53.3 Å². The normalized spacial score (nSPS) is 12.1. The Morgan fingerprint density at radius 1 is 1.12 bits per heavy atom. The second kappa shape index (κ2) is 5.80. The number of alkyl halides is 5. The lowest BCUT2D eigenvalue weighted by Gasteiger charge is -2.07. The molecule has 130 valence electrons. The van der Waals surface area contributed by atoms with Crippen LogP contribution in [-0.4, -0.2) is 25.7 Å². The Kier molecular flexibility index (Phi) is 3.90. The number of benzene rings is 1. The summed E-state index contributed by atoms with van der Waals surface area (Å²) in [5.74, 6) is -1.62. The maximum Gasteiger partial charge on any atom is 0.416 e. The van der Waals surface area contributed by atoms with Crippen molar-refractivity contribution in [2.75, 3.05) is 0 Å². The Hall–Kier alpha value is -3.04. The monoisotopic (exact) mass is 357 g/mol. The second-order valence-corrected chi connectivity index (χ2v) is 5.02. The average Bonchev–Trinajstić information content (AvgIpc) is 2.93. The fourth-order valence-corrected chi connectivity index (χ4v) is 2.29. The maximum atomic E-state index is 12.9. The average molecular weight is 357 g/mol. The van der Waals surface area contributed by atoms with Crippen molar-refractivity contribution < 1.29 is 31.9 Å². The van der Waals surface area contributed by atoms with Crippen LogP contribution in [0.2, 0.25) is 0 Å². The van der Waals surface area contributed by atoms with Gasteiger partial charge in [0.15, 0.2) is 5.65 Å². The number of fused-ring (bicyclic) bond motifs is 1. The van der Waals surface area contributed by atoms with Crippen molar-refractivity contribution in [1.82, 2.24) is 14.6 Å². The summed E-state index contributed by atoms with van der Waals surface area (Å²) in [6, 6.07) is 5.35. The summed E-state index contributed by atoms with van der Waals surface area (Å²) in [7, 11) is 0. The number of rotatable bonds is 3. The summed E-state index contributed by atoms with van der Waals surface area (Å²) in [4.78, 5) is 15.2. The summed E-state index contributed by atoms with van der Waals surface area (Å²) in [5.41, 5.74) is -2.45. The van der Waals surface area contributed by atoms with E-state index in [2.05, 4.69) is 10.1 Å². The molecule has 5 nitrogen and oxygen atoms in total. The second-order valence-electron chi connectivity index (χ2n) is 5.02. The Morgan fingerprint density at radius 2 is 1.76 bits per heavy atom. The van der Waals surface area contributed by atoms with Crippen molar-refractivity contribution >= 4 is 11.6 Å². The van der Waals surface area contributed by atoms with Gasteiger partial charge in [0.2, 0.25) is 0 Å². The molecule has 10 heteroatoms. The Labute approximate surface area is 136 Å². The zero-order valence-corrected chi connectivity index (χ0v) is 12.1. The minimum absolute atomic E-state index is 0.129. The van der Waals surface area contributed by atoms with Crippen LogP contribution in [-0.2, 0) is 6.18 Å². The molecule has 0 unspecified atom stereocenters. The molecule has 0 saturated heterocycles. The van der Waals surface area contributed by atoms with Crippen LogP contribution in [0.3, 0.4) is 0 Å². The molecule has 2 aromatic heterocycles. The van der Waals surface area contributed by atoms with Gasteiger partial charge < -0.3 is 5.11 Å². The molecule has 0 spiro atoms. The van der Waals surface area contributed by atoms with Gasteiger partial charge in [-0.3, -0.25) is 0 Å². The minimum atomic E-state index is -4.50. The third kappa shape index (κ3) is 3.02. The van der Waals surface area contributed by atoms with Gasteiger partial charge in [-0.25, -0.2) is 23.1 Å². The summed E-state index contributed by atoms with van der Waals surface area (Å²) >= 11 is 0. The predicted octanol–water partition coefficient (Wildman–Crippen LogP) is 4.05. The molecule has 0 aliphatic carbocycles. The fraction of sp³-hybridized carbons (Fsp3) is 0.133. The van der Waals surface area contributed by atoms with Crippen molar-refractivity contribution in [1.29, 1.82) is 0 Å². The van der Waals surface area contributed by atoms with E-state index in [4.69, 9.17) is 5.11 Å². The molecule has 0 aliphatic rings. The van der Waals surface area contributed by atoms with E-state index in [0.29, 0.717) is 0 Å². The van der Waals surface area contributed by atoms with Gasteiger partial charge in [-0.05, 0) is 18.2 Å². The summed E-state index contributed by atoms with van der Waals surface area (Å²) < 4.78 is 64.5. The molecule has 0 bridgehead atoms. The summed E-state index contributed by atoms with van der Waals surface area (Å²) in [5, 5.41) is 12.6. The van der Waals surface area contributed by atoms with Crippen LogP contribution >= 0.6 is 0 Å². The zero-order chi connectivity index (χ0) is 18.4. The number of hydrogen-bond donors (Lipinski definition) is 1. The largest absolute Gasteiger partial charge is 0.477 e. The number of carboxylic acid groups (broad SMARTS) is 1. The third-order valence-electron chi connectivity index (χ3n) is 3.44. The molecule has 0 aliphatic heterocycles. The first-order chi connectivity index (χ1) is 11.7. The number of aromatic carboxylic acids is 1. The first-order valence-electron chi connectivity index (χ1n) is 6.77. The highest BCUT2D eigenvalue weighted by Gasteiger charge is 2.30. The number of carboxylic acids is 1. The molecular weight excluding hydrogens is 349 g/mol. The molecule has 25 heavy (non-hydrogen) atoms. The Morgan fingerprint density at radius 3 is 2.28 bits per heavy atom. The van der Waals surface area contributed by atoms with Gasteiger partial charge in [0.1, 0.15) is 11.3 Å². The number of nitrogens with zero attached hydrogens (tertiary/aromatic N) is 3. The lowest BCUT2D eigenvalue weighted by atomic mass is 10.1. The lowest BCUT2D eigenvalue weighted by molar-refractivity contribution is -0.137. The molecule has 1 N–H and O–H groups in total. The van der Waals surface area contributed by atoms with Crippen LogP contribution in [0.5, 0.6) is 0 Å².